The normalized spacial score (nSPS) is 22.0. The van der Waals surface area contributed by atoms with E-state index >= 15 is 0 Å². The molecule has 0 radical (unpaired) electrons. The molecule has 3 aliphatic heterocycles. The first-order valence-electron chi connectivity index (χ1n) is 13.9. The average Bonchev–Trinajstić information content (AvgIpc) is 3.52. The Kier molecular flexibility index (Phi) is 10.4. The summed E-state index contributed by atoms with van der Waals surface area (Å²) in [6.07, 6.45) is 5.46. The molecule has 12 heteroatoms. The van der Waals surface area contributed by atoms with Crippen molar-refractivity contribution in [3.8, 4) is 11.5 Å². The minimum absolute atomic E-state index is 0.145. The Morgan fingerprint density at radius 3 is 1.43 bits per heavy atom. The summed E-state index contributed by atoms with van der Waals surface area (Å²) in [5, 5.41) is 25.8. The second-order valence-corrected chi connectivity index (χ2v) is 12.1. The van der Waals surface area contributed by atoms with E-state index in [4.69, 9.17) is 0 Å². The fourth-order valence-corrected chi connectivity index (χ4v) is 6.33. The van der Waals surface area contributed by atoms with Gasteiger partial charge in [-0.15, -0.1) is 0 Å². The van der Waals surface area contributed by atoms with Gasteiger partial charge in [0.05, 0.1) is 9.81 Å². The summed E-state index contributed by atoms with van der Waals surface area (Å²) in [6, 6.07) is 13.5. The number of benzene rings is 2. The van der Waals surface area contributed by atoms with Gasteiger partial charge in [0.15, 0.2) is 10.3 Å². The second kappa shape index (κ2) is 14.5. The molecule has 0 bridgehead atoms. The first-order chi connectivity index (χ1) is 20.4. The zero-order valence-electron chi connectivity index (χ0n) is 23.2. The SMILES string of the molecule is O=C1NC(=NCCCN2CCN(CCCN=C3NC(=O)/C(=C/c4ccc(O)cc4)S3)CC2)S/C1=C\c1ccc(O)cc1. The molecule has 0 unspecified atom stereocenters. The smallest absolute Gasteiger partial charge is 0.264 e. The van der Waals surface area contributed by atoms with Crippen LogP contribution >= 0.6 is 23.5 Å². The fourth-order valence-electron chi connectivity index (χ4n) is 4.63. The van der Waals surface area contributed by atoms with Gasteiger partial charge in [-0.2, -0.15) is 0 Å². The molecule has 5 rings (SSSR count). The predicted octanol–water partition coefficient (Wildman–Crippen LogP) is 3.32. The van der Waals surface area contributed by atoms with Gasteiger partial charge in [-0.3, -0.25) is 19.6 Å². The van der Waals surface area contributed by atoms with Gasteiger partial charge in [-0.25, -0.2) is 0 Å². The van der Waals surface area contributed by atoms with Crippen molar-refractivity contribution in [1.82, 2.24) is 20.4 Å². The third-order valence-corrected chi connectivity index (χ3v) is 8.82. The van der Waals surface area contributed by atoms with E-state index in [-0.39, 0.29) is 23.3 Å². The maximum Gasteiger partial charge on any atom is 0.264 e. The number of thioether (sulfide) groups is 2. The Morgan fingerprint density at radius 1 is 0.667 bits per heavy atom. The van der Waals surface area contributed by atoms with Gasteiger partial charge in [0, 0.05) is 39.3 Å². The Balaban J connectivity index is 0.953. The van der Waals surface area contributed by atoms with E-state index in [1.54, 1.807) is 60.7 Å². The van der Waals surface area contributed by atoms with Crippen molar-refractivity contribution < 1.29 is 19.8 Å². The van der Waals surface area contributed by atoms with Gasteiger partial charge in [0.2, 0.25) is 0 Å². The second-order valence-electron chi connectivity index (χ2n) is 10.1. The number of phenols is 2. The van der Waals surface area contributed by atoms with Crippen molar-refractivity contribution in [2.75, 3.05) is 52.4 Å². The van der Waals surface area contributed by atoms with Crippen LogP contribution in [-0.2, 0) is 9.59 Å². The number of amides is 2. The number of hydrogen-bond donors (Lipinski definition) is 4. The minimum atomic E-state index is -0.145. The van der Waals surface area contributed by atoms with Gasteiger partial charge in [0.25, 0.3) is 11.8 Å². The van der Waals surface area contributed by atoms with Gasteiger partial charge in [0.1, 0.15) is 11.5 Å². The van der Waals surface area contributed by atoms with Gasteiger partial charge >= 0.3 is 0 Å². The molecular formula is C30H34N6O4S2. The third kappa shape index (κ3) is 8.71. The number of nitrogens with one attached hydrogen (secondary N) is 2. The number of phenolic OH excluding ortho intramolecular Hbond substituents is 2. The molecule has 0 aliphatic carbocycles. The lowest BCUT2D eigenvalue weighted by atomic mass is 10.2. The Labute approximate surface area is 253 Å². The Hall–Kier alpha value is -3.58. The van der Waals surface area contributed by atoms with E-state index in [0.717, 1.165) is 63.2 Å². The van der Waals surface area contributed by atoms with Crippen LogP contribution in [0.3, 0.4) is 0 Å². The molecule has 0 saturated carbocycles. The van der Waals surface area contributed by atoms with Crippen molar-refractivity contribution in [2.45, 2.75) is 12.8 Å². The average molecular weight is 607 g/mol. The highest BCUT2D eigenvalue weighted by Gasteiger charge is 2.24. The van der Waals surface area contributed by atoms with Crippen LogP contribution in [0.2, 0.25) is 0 Å². The number of carbonyl (C=O) groups is 2. The number of nitrogens with zero attached hydrogens (tertiary/aromatic N) is 4. The van der Waals surface area contributed by atoms with E-state index in [0.29, 0.717) is 33.2 Å². The van der Waals surface area contributed by atoms with Gasteiger partial charge in [-0.05, 0) is 97.0 Å². The highest BCUT2D eigenvalue weighted by Crippen LogP contribution is 2.27. The van der Waals surface area contributed by atoms with E-state index in [1.165, 1.54) is 23.5 Å². The van der Waals surface area contributed by atoms with Gasteiger partial charge in [-0.1, -0.05) is 24.3 Å². The highest BCUT2D eigenvalue weighted by atomic mass is 32.2. The van der Waals surface area contributed by atoms with Crippen LogP contribution in [0, 0.1) is 0 Å². The molecule has 42 heavy (non-hydrogen) atoms. The topological polar surface area (TPSA) is 130 Å². The van der Waals surface area contributed by atoms with E-state index < -0.39 is 0 Å². The Morgan fingerprint density at radius 2 is 1.05 bits per heavy atom. The van der Waals surface area contributed by atoms with Crippen molar-refractivity contribution >= 4 is 57.8 Å². The van der Waals surface area contributed by atoms with Crippen molar-refractivity contribution in [3.05, 3.63) is 69.5 Å². The third-order valence-electron chi connectivity index (χ3n) is 6.92. The number of aromatic hydroxyl groups is 2. The number of aliphatic imine (C=N–C) groups is 2. The van der Waals surface area contributed by atoms with Crippen molar-refractivity contribution in [3.63, 3.8) is 0 Å². The molecule has 4 N–H and O–H groups in total. The van der Waals surface area contributed by atoms with E-state index in [2.05, 4.69) is 30.4 Å². The summed E-state index contributed by atoms with van der Waals surface area (Å²) < 4.78 is 0. The lowest BCUT2D eigenvalue weighted by Gasteiger charge is -2.34. The quantitative estimate of drug-likeness (QED) is 0.240. The first kappa shape index (κ1) is 29.9. The minimum Gasteiger partial charge on any atom is -0.508 e. The van der Waals surface area contributed by atoms with Crippen LogP contribution in [0.5, 0.6) is 11.5 Å². The summed E-state index contributed by atoms with van der Waals surface area (Å²) in [7, 11) is 0. The highest BCUT2D eigenvalue weighted by molar-refractivity contribution is 8.19. The number of piperazine rings is 1. The van der Waals surface area contributed by atoms with Crippen LogP contribution < -0.4 is 10.6 Å². The monoisotopic (exact) mass is 606 g/mol. The summed E-state index contributed by atoms with van der Waals surface area (Å²) in [5.41, 5.74) is 1.71. The molecule has 2 aromatic carbocycles. The fraction of sp³-hybridized carbons (Fsp3) is 0.333. The molecule has 3 heterocycles. The molecule has 3 saturated heterocycles. The maximum absolute atomic E-state index is 12.2. The van der Waals surface area contributed by atoms with Gasteiger partial charge < -0.3 is 30.6 Å². The number of hydrogen-bond acceptors (Lipinski definition) is 10. The van der Waals surface area contributed by atoms with E-state index in [9.17, 15) is 19.8 Å². The summed E-state index contributed by atoms with van der Waals surface area (Å²) >= 11 is 2.70. The van der Waals surface area contributed by atoms with Crippen LogP contribution in [-0.4, -0.2) is 94.5 Å². The molecule has 3 fully saturated rings. The van der Waals surface area contributed by atoms with Crippen LogP contribution in [0.1, 0.15) is 24.0 Å². The predicted molar refractivity (Wildman–Crippen MR) is 170 cm³/mol. The number of carbonyl (C=O) groups excluding carboxylic acids is 2. The summed E-state index contributed by atoms with van der Waals surface area (Å²) in [6.45, 7) is 7.36. The summed E-state index contributed by atoms with van der Waals surface area (Å²) in [4.78, 5) is 39.8. The van der Waals surface area contributed by atoms with Crippen molar-refractivity contribution in [2.24, 2.45) is 9.98 Å². The van der Waals surface area contributed by atoms with Crippen LogP contribution in [0.15, 0.2) is 68.3 Å². The summed E-state index contributed by atoms with van der Waals surface area (Å²) in [5.74, 6) is 0.103. The number of amidine groups is 2. The molecule has 0 aromatic heterocycles. The largest absolute Gasteiger partial charge is 0.508 e. The molecule has 2 aromatic rings. The molecule has 3 aliphatic rings. The van der Waals surface area contributed by atoms with Crippen molar-refractivity contribution in [1.29, 1.82) is 0 Å². The molecule has 0 spiro atoms. The van der Waals surface area contributed by atoms with Crippen LogP contribution in [0.25, 0.3) is 12.2 Å². The zero-order chi connectivity index (χ0) is 29.3. The molecular weight excluding hydrogens is 573 g/mol. The lowest BCUT2D eigenvalue weighted by Crippen LogP contribution is -2.46. The standard InChI is InChI=1S/C30H34N6O4S2/c37-23-7-3-21(4-8-23)19-25-27(39)33-29(41-25)31-11-1-13-35-15-17-36(18-16-35)14-2-12-32-30-34-28(40)26(42-30)20-22-5-9-24(38)10-6-22/h3-10,19-20,37-38H,1-2,11-18H2,(H,31,33,39)(H,32,34,40)/b25-19-,26-20-. The number of rotatable bonds is 10. The molecule has 10 nitrogen and oxygen atoms in total. The molecule has 220 valence electrons. The van der Waals surface area contributed by atoms with Crippen LogP contribution in [0.4, 0.5) is 0 Å². The lowest BCUT2D eigenvalue weighted by molar-refractivity contribution is -0.116. The first-order valence-corrected chi connectivity index (χ1v) is 15.6. The molecule has 0 atom stereocenters. The zero-order valence-corrected chi connectivity index (χ0v) is 24.8. The Bertz CT molecular complexity index is 1290. The maximum atomic E-state index is 12.2. The molecule has 2 amide bonds. The van der Waals surface area contributed by atoms with E-state index in [1.807, 2.05) is 0 Å².